The van der Waals surface area contributed by atoms with E-state index in [1.807, 2.05) is 6.07 Å². The fourth-order valence-corrected chi connectivity index (χ4v) is 3.13. The molecule has 0 bridgehead atoms. The average Bonchev–Trinajstić information content (AvgIpc) is 2.47. The molecule has 0 saturated heterocycles. The van der Waals surface area contributed by atoms with E-state index < -0.39 is 0 Å². The Kier molecular flexibility index (Phi) is 5.87. The zero-order valence-electron chi connectivity index (χ0n) is 12.2. The Labute approximate surface area is 118 Å². The summed E-state index contributed by atoms with van der Waals surface area (Å²) < 4.78 is 0. The molecule has 1 saturated carbocycles. The molecule has 1 atom stereocenters. The molecule has 106 valence electrons. The Morgan fingerprint density at radius 2 is 1.84 bits per heavy atom. The van der Waals surface area contributed by atoms with Gasteiger partial charge in [-0.3, -0.25) is 0 Å². The summed E-state index contributed by atoms with van der Waals surface area (Å²) in [5.74, 6) is 0.923. The number of nitrogens with zero attached hydrogens (tertiary/aromatic N) is 1. The molecule has 1 aliphatic rings. The van der Waals surface area contributed by atoms with Crippen molar-refractivity contribution in [2.24, 2.45) is 11.7 Å². The number of hydrogen-bond acceptors (Lipinski definition) is 2. The van der Waals surface area contributed by atoms with Gasteiger partial charge in [-0.1, -0.05) is 49.6 Å². The number of benzene rings is 1. The van der Waals surface area contributed by atoms with Crippen LogP contribution in [0.1, 0.15) is 50.1 Å². The predicted molar refractivity (Wildman–Crippen MR) is 82.1 cm³/mol. The van der Waals surface area contributed by atoms with Crippen molar-refractivity contribution in [2.45, 2.75) is 44.6 Å². The van der Waals surface area contributed by atoms with Gasteiger partial charge in [0.15, 0.2) is 0 Å². The largest absolute Gasteiger partial charge is 0.324 e. The van der Waals surface area contributed by atoms with Crippen LogP contribution in [0.4, 0.5) is 0 Å². The molecule has 1 aromatic carbocycles. The van der Waals surface area contributed by atoms with E-state index in [9.17, 15) is 0 Å². The molecule has 2 rings (SSSR count). The molecule has 2 N–H and O–H groups in total. The minimum absolute atomic E-state index is 0.176. The van der Waals surface area contributed by atoms with Gasteiger partial charge in [0, 0.05) is 12.6 Å². The Bertz CT molecular complexity index is 344. The van der Waals surface area contributed by atoms with Crippen LogP contribution >= 0.6 is 0 Å². The van der Waals surface area contributed by atoms with Crippen molar-refractivity contribution in [2.75, 3.05) is 20.1 Å². The molecule has 1 aromatic rings. The van der Waals surface area contributed by atoms with E-state index in [0.29, 0.717) is 0 Å². The van der Waals surface area contributed by atoms with Crippen molar-refractivity contribution in [3.63, 3.8) is 0 Å². The lowest BCUT2D eigenvalue weighted by atomic mass is 9.89. The fraction of sp³-hybridized carbons (Fsp3) is 0.647. The van der Waals surface area contributed by atoms with E-state index in [1.54, 1.807) is 0 Å². The molecule has 0 spiro atoms. The number of rotatable bonds is 6. The van der Waals surface area contributed by atoms with Crippen LogP contribution in [0.25, 0.3) is 0 Å². The zero-order valence-corrected chi connectivity index (χ0v) is 12.2. The first kappa shape index (κ1) is 14.5. The molecule has 19 heavy (non-hydrogen) atoms. The first-order valence-electron chi connectivity index (χ1n) is 7.75. The molecule has 2 nitrogen and oxygen atoms in total. The van der Waals surface area contributed by atoms with Gasteiger partial charge in [0.2, 0.25) is 0 Å². The Balaban J connectivity index is 1.69. The molecule has 2 heteroatoms. The second-order valence-electron chi connectivity index (χ2n) is 6.07. The normalized spacial score (nSPS) is 18.7. The van der Waals surface area contributed by atoms with Gasteiger partial charge in [-0.05, 0) is 44.3 Å². The maximum atomic E-state index is 6.25. The number of nitrogens with two attached hydrogens (primary N) is 1. The van der Waals surface area contributed by atoms with Gasteiger partial charge in [-0.15, -0.1) is 0 Å². The molecule has 1 aliphatic carbocycles. The van der Waals surface area contributed by atoms with E-state index in [-0.39, 0.29) is 6.04 Å². The molecule has 1 fully saturated rings. The fourth-order valence-electron chi connectivity index (χ4n) is 3.13. The van der Waals surface area contributed by atoms with Crippen LogP contribution in [0.15, 0.2) is 30.3 Å². The second kappa shape index (κ2) is 7.66. The third kappa shape index (κ3) is 4.96. The monoisotopic (exact) mass is 260 g/mol. The molecule has 0 radical (unpaired) electrons. The van der Waals surface area contributed by atoms with Crippen LogP contribution in [0.2, 0.25) is 0 Å². The maximum Gasteiger partial charge on any atom is 0.0307 e. The topological polar surface area (TPSA) is 29.3 Å². The third-order valence-corrected chi connectivity index (χ3v) is 4.34. The van der Waals surface area contributed by atoms with Crippen LogP contribution in [-0.4, -0.2) is 25.0 Å². The van der Waals surface area contributed by atoms with Gasteiger partial charge < -0.3 is 10.6 Å². The molecule has 0 amide bonds. The van der Waals surface area contributed by atoms with E-state index in [2.05, 4.69) is 36.2 Å². The number of hydrogen-bond donors (Lipinski definition) is 1. The van der Waals surface area contributed by atoms with Gasteiger partial charge in [0.25, 0.3) is 0 Å². The molecular weight excluding hydrogens is 232 g/mol. The summed E-state index contributed by atoms with van der Waals surface area (Å²) in [5, 5.41) is 0. The lowest BCUT2D eigenvalue weighted by Crippen LogP contribution is -2.29. The van der Waals surface area contributed by atoms with Crippen molar-refractivity contribution < 1.29 is 0 Å². The minimum Gasteiger partial charge on any atom is -0.324 e. The van der Waals surface area contributed by atoms with Crippen molar-refractivity contribution in [1.29, 1.82) is 0 Å². The Morgan fingerprint density at radius 3 is 2.53 bits per heavy atom. The quantitative estimate of drug-likeness (QED) is 0.847. The Morgan fingerprint density at radius 1 is 1.16 bits per heavy atom. The summed E-state index contributed by atoms with van der Waals surface area (Å²) in [4.78, 5) is 2.47. The SMILES string of the molecule is CN(CCC(N)c1ccccc1)CC1CCCCC1. The van der Waals surface area contributed by atoms with Gasteiger partial charge in [-0.25, -0.2) is 0 Å². The molecule has 0 heterocycles. The highest BCUT2D eigenvalue weighted by atomic mass is 15.1. The highest BCUT2D eigenvalue weighted by Gasteiger charge is 2.15. The third-order valence-electron chi connectivity index (χ3n) is 4.34. The van der Waals surface area contributed by atoms with Gasteiger partial charge in [0.1, 0.15) is 0 Å². The van der Waals surface area contributed by atoms with Crippen molar-refractivity contribution >= 4 is 0 Å². The summed E-state index contributed by atoms with van der Waals surface area (Å²) in [6, 6.07) is 10.6. The van der Waals surface area contributed by atoms with Crippen LogP contribution < -0.4 is 5.73 Å². The van der Waals surface area contributed by atoms with Gasteiger partial charge in [-0.2, -0.15) is 0 Å². The first-order chi connectivity index (χ1) is 9.25. The standard InChI is InChI=1S/C17H28N2/c1-19(14-15-8-4-2-5-9-15)13-12-17(18)16-10-6-3-7-11-16/h3,6-7,10-11,15,17H,2,4-5,8-9,12-14,18H2,1H3. The second-order valence-corrected chi connectivity index (χ2v) is 6.07. The van der Waals surface area contributed by atoms with E-state index in [4.69, 9.17) is 5.73 Å². The van der Waals surface area contributed by atoms with Crippen molar-refractivity contribution in [1.82, 2.24) is 4.90 Å². The minimum atomic E-state index is 0.176. The highest BCUT2D eigenvalue weighted by molar-refractivity contribution is 5.18. The average molecular weight is 260 g/mol. The first-order valence-corrected chi connectivity index (χ1v) is 7.75. The Hall–Kier alpha value is -0.860. The summed E-state index contributed by atoms with van der Waals surface area (Å²) in [5.41, 5.74) is 7.51. The lowest BCUT2D eigenvalue weighted by molar-refractivity contribution is 0.228. The lowest BCUT2D eigenvalue weighted by Gasteiger charge is -2.27. The summed E-state index contributed by atoms with van der Waals surface area (Å²) in [6.07, 6.45) is 8.21. The molecule has 0 aliphatic heterocycles. The van der Waals surface area contributed by atoms with E-state index in [1.165, 1.54) is 44.2 Å². The summed E-state index contributed by atoms with van der Waals surface area (Å²) in [7, 11) is 2.24. The maximum absolute atomic E-state index is 6.25. The predicted octanol–water partition coefficient (Wildman–Crippen LogP) is 3.59. The molecule has 1 unspecified atom stereocenters. The van der Waals surface area contributed by atoms with Crippen molar-refractivity contribution in [3.05, 3.63) is 35.9 Å². The highest BCUT2D eigenvalue weighted by Crippen LogP contribution is 2.24. The van der Waals surface area contributed by atoms with Crippen LogP contribution in [0.5, 0.6) is 0 Å². The summed E-state index contributed by atoms with van der Waals surface area (Å²) >= 11 is 0. The van der Waals surface area contributed by atoms with E-state index in [0.717, 1.165) is 18.9 Å². The zero-order chi connectivity index (χ0) is 13.5. The molecular formula is C17H28N2. The van der Waals surface area contributed by atoms with Gasteiger partial charge >= 0.3 is 0 Å². The smallest absolute Gasteiger partial charge is 0.0307 e. The van der Waals surface area contributed by atoms with Gasteiger partial charge in [0.05, 0.1) is 0 Å². The van der Waals surface area contributed by atoms with Crippen molar-refractivity contribution in [3.8, 4) is 0 Å². The summed E-state index contributed by atoms with van der Waals surface area (Å²) in [6.45, 7) is 2.36. The van der Waals surface area contributed by atoms with Crippen LogP contribution in [-0.2, 0) is 0 Å². The molecule has 0 aromatic heterocycles. The van der Waals surface area contributed by atoms with Crippen LogP contribution in [0.3, 0.4) is 0 Å². The van der Waals surface area contributed by atoms with E-state index >= 15 is 0 Å². The van der Waals surface area contributed by atoms with Crippen LogP contribution in [0, 0.1) is 5.92 Å².